The van der Waals surface area contributed by atoms with Crippen LogP contribution < -0.4 is 16.2 Å². The van der Waals surface area contributed by atoms with E-state index in [9.17, 15) is 33.0 Å². The van der Waals surface area contributed by atoms with Crippen molar-refractivity contribution >= 4 is 33.9 Å². The number of nitrogens with two attached hydrogens (primary N) is 2. The summed E-state index contributed by atoms with van der Waals surface area (Å²) in [7, 11) is 0. The summed E-state index contributed by atoms with van der Waals surface area (Å²) >= 11 is 0. The van der Waals surface area contributed by atoms with Crippen LogP contribution in [0.1, 0.15) is 52.0 Å². The molecule has 0 aliphatic carbocycles. The number of benzene rings is 2. The van der Waals surface area contributed by atoms with E-state index < -0.39 is 41.0 Å². The summed E-state index contributed by atoms with van der Waals surface area (Å²) in [5.74, 6) is -5.48. The number of hydrogen-bond acceptors (Lipinski definition) is 6. The van der Waals surface area contributed by atoms with E-state index in [-0.39, 0.29) is 36.5 Å². The van der Waals surface area contributed by atoms with Crippen LogP contribution in [0.4, 0.5) is 13.2 Å². The lowest BCUT2D eigenvalue weighted by Crippen LogP contribution is -2.57. The van der Waals surface area contributed by atoms with Gasteiger partial charge in [0.15, 0.2) is 0 Å². The molecule has 0 amide bonds. The van der Waals surface area contributed by atoms with Gasteiger partial charge in [0.05, 0.1) is 0 Å². The molecule has 1 heterocycles. The van der Waals surface area contributed by atoms with Gasteiger partial charge in [-0.3, -0.25) is 9.59 Å². The van der Waals surface area contributed by atoms with Gasteiger partial charge in [0.1, 0.15) is 40.5 Å². The molecule has 0 saturated carbocycles. The summed E-state index contributed by atoms with van der Waals surface area (Å²) in [6, 6.07) is 8.46. The Hall–Kier alpha value is -3.31. The van der Waals surface area contributed by atoms with Crippen molar-refractivity contribution in [3.05, 3.63) is 42.0 Å². The Balaban J connectivity index is 2.03. The summed E-state index contributed by atoms with van der Waals surface area (Å²) in [6.45, 7) is 6.62. The lowest BCUT2D eigenvalue weighted by atomic mass is 9.74. The molecule has 38 heavy (non-hydrogen) atoms. The van der Waals surface area contributed by atoms with E-state index in [1.807, 2.05) is 13.8 Å². The second kappa shape index (κ2) is 10.5. The van der Waals surface area contributed by atoms with Crippen molar-refractivity contribution in [2.45, 2.75) is 63.7 Å². The maximum atomic E-state index is 14.2. The first kappa shape index (κ1) is 29.2. The van der Waals surface area contributed by atoms with E-state index in [1.54, 1.807) is 32.0 Å². The average Bonchev–Trinajstić information content (AvgIpc) is 3.12. The highest BCUT2D eigenvalue weighted by Gasteiger charge is 2.57. The fourth-order valence-electron chi connectivity index (χ4n) is 4.97. The summed E-state index contributed by atoms with van der Waals surface area (Å²) in [5.41, 5.74) is 7.96. The van der Waals surface area contributed by atoms with Crippen LogP contribution in [0, 0.1) is 11.8 Å². The van der Waals surface area contributed by atoms with Crippen LogP contribution in [0.3, 0.4) is 0 Å². The zero-order chi connectivity index (χ0) is 28.6. The number of furan rings is 1. The topological polar surface area (TPSA) is 149 Å². The Labute approximate surface area is 217 Å². The van der Waals surface area contributed by atoms with Gasteiger partial charge in [-0.2, -0.15) is 13.2 Å². The third-order valence-electron chi connectivity index (χ3n) is 6.48. The summed E-state index contributed by atoms with van der Waals surface area (Å²) < 4.78 is 54.2. The minimum Gasteiger partial charge on any atom is -0.491 e. The molecule has 0 radical (unpaired) electrons. The Morgan fingerprint density at radius 2 is 1.53 bits per heavy atom. The van der Waals surface area contributed by atoms with E-state index >= 15 is 0 Å². The molecule has 0 saturated heterocycles. The van der Waals surface area contributed by atoms with E-state index in [0.717, 1.165) is 6.07 Å². The van der Waals surface area contributed by atoms with Crippen LogP contribution in [-0.2, 0) is 9.59 Å². The van der Waals surface area contributed by atoms with Crippen LogP contribution >= 0.6 is 0 Å². The number of carbonyl (C=O) groups is 2. The lowest BCUT2D eigenvalue weighted by Gasteiger charge is -2.36. The monoisotopic (exact) mass is 538 g/mol. The van der Waals surface area contributed by atoms with Crippen LogP contribution in [0.5, 0.6) is 5.75 Å². The van der Waals surface area contributed by atoms with Crippen LogP contribution in [0.2, 0.25) is 0 Å². The van der Waals surface area contributed by atoms with Crippen molar-refractivity contribution < 1.29 is 42.1 Å². The molecular formula is C27H33F3N2O6. The van der Waals surface area contributed by atoms with Gasteiger partial charge < -0.3 is 30.8 Å². The zero-order valence-corrected chi connectivity index (χ0v) is 21.6. The summed E-state index contributed by atoms with van der Waals surface area (Å²) in [4.78, 5) is 23.7. The van der Waals surface area contributed by atoms with Gasteiger partial charge in [-0.25, -0.2) is 0 Å². The van der Waals surface area contributed by atoms with Gasteiger partial charge in [0.25, 0.3) is 0 Å². The number of fused-ring (bicyclic) bond motifs is 3. The molecule has 0 spiro atoms. The van der Waals surface area contributed by atoms with Crippen molar-refractivity contribution in [1.82, 2.24) is 0 Å². The molecule has 11 heteroatoms. The molecule has 1 unspecified atom stereocenters. The molecule has 0 aliphatic heterocycles. The first-order valence-corrected chi connectivity index (χ1v) is 12.2. The number of rotatable bonds is 11. The Kier molecular flexibility index (Phi) is 8.05. The number of alkyl halides is 3. The van der Waals surface area contributed by atoms with E-state index in [0.29, 0.717) is 22.1 Å². The van der Waals surface area contributed by atoms with Gasteiger partial charge in [0, 0.05) is 10.8 Å². The number of carboxylic acids is 2. The maximum Gasteiger partial charge on any atom is 0.398 e. The van der Waals surface area contributed by atoms with Gasteiger partial charge >= 0.3 is 18.1 Å². The molecular weight excluding hydrogens is 505 g/mol. The number of aliphatic carboxylic acids is 2. The molecule has 6 N–H and O–H groups in total. The van der Waals surface area contributed by atoms with Crippen molar-refractivity contribution in [2.24, 2.45) is 23.3 Å². The third-order valence-corrected chi connectivity index (χ3v) is 6.48. The van der Waals surface area contributed by atoms with Crippen LogP contribution in [-0.4, -0.2) is 46.0 Å². The van der Waals surface area contributed by atoms with Gasteiger partial charge in [-0.15, -0.1) is 0 Å². The van der Waals surface area contributed by atoms with Crippen molar-refractivity contribution in [3.8, 4) is 5.75 Å². The highest BCUT2D eigenvalue weighted by Crippen LogP contribution is 2.45. The third kappa shape index (κ3) is 5.88. The molecule has 0 aliphatic rings. The molecule has 208 valence electrons. The van der Waals surface area contributed by atoms with E-state index in [2.05, 4.69) is 0 Å². The number of ether oxygens (including phenoxy) is 1. The minimum absolute atomic E-state index is 0.0173. The number of hydrogen-bond donors (Lipinski definition) is 4. The highest BCUT2D eigenvalue weighted by molar-refractivity contribution is 6.05. The Morgan fingerprint density at radius 3 is 2.05 bits per heavy atom. The van der Waals surface area contributed by atoms with Crippen LogP contribution in [0.15, 0.2) is 40.8 Å². The predicted octanol–water partition coefficient (Wildman–Crippen LogP) is 5.27. The first-order valence-electron chi connectivity index (χ1n) is 12.2. The van der Waals surface area contributed by atoms with Gasteiger partial charge in [-0.1, -0.05) is 39.8 Å². The molecule has 0 fully saturated rings. The van der Waals surface area contributed by atoms with Crippen molar-refractivity contribution in [1.29, 1.82) is 0 Å². The molecule has 3 atom stereocenters. The zero-order valence-electron chi connectivity index (χ0n) is 21.6. The first-order chi connectivity index (χ1) is 17.5. The summed E-state index contributed by atoms with van der Waals surface area (Å²) in [5, 5.41) is 20.3. The molecule has 1 aromatic heterocycles. The lowest BCUT2D eigenvalue weighted by molar-refractivity contribution is -0.180. The second-order valence-electron chi connectivity index (χ2n) is 10.8. The molecule has 8 nitrogen and oxygen atoms in total. The standard InChI is InChI=1S/C27H33F3N2O6/c1-14(2)11-25(31,23(33)34)13-37-17-6-8-20-19(10-17)18-7-5-16(9-21(18)38-20)22(27(28,29)30)26(32,24(35)36)12-15(3)4/h5-10,14-15,22H,11-13,31-32H2,1-4H3,(H,33,34)(H,35,36)/t22?,25-,26-/m1/s1. The van der Waals surface area contributed by atoms with E-state index in [1.165, 1.54) is 12.1 Å². The second-order valence-corrected chi connectivity index (χ2v) is 10.8. The fraction of sp³-hybridized carbons (Fsp3) is 0.481. The maximum absolute atomic E-state index is 14.2. The van der Waals surface area contributed by atoms with Gasteiger partial charge in [0.2, 0.25) is 0 Å². The largest absolute Gasteiger partial charge is 0.491 e. The Bertz CT molecular complexity index is 1340. The molecule has 3 rings (SSSR count). The molecule has 0 bridgehead atoms. The number of carboxylic acid groups (broad SMARTS) is 2. The fourth-order valence-corrected chi connectivity index (χ4v) is 4.97. The minimum atomic E-state index is -4.93. The SMILES string of the molecule is CC(C)C[C@@](N)(COc1ccc2oc3cc(C(C(F)(F)F)[C@](N)(CC(C)C)C(=O)O)ccc3c2c1)C(=O)O. The van der Waals surface area contributed by atoms with Gasteiger partial charge in [-0.05, 0) is 54.5 Å². The average molecular weight is 539 g/mol. The summed E-state index contributed by atoms with van der Waals surface area (Å²) in [6.07, 6.45) is -5.13. The predicted molar refractivity (Wildman–Crippen MR) is 136 cm³/mol. The molecule has 2 aromatic carbocycles. The smallest absolute Gasteiger partial charge is 0.398 e. The van der Waals surface area contributed by atoms with Crippen LogP contribution in [0.25, 0.3) is 21.9 Å². The highest BCUT2D eigenvalue weighted by atomic mass is 19.4. The number of halogens is 3. The van der Waals surface area contributed by atoms with E-state index in [4.69, 9.17) is 20.6 Å². The van der Waals surface area contributed by atoms with Crippen molar-refractivity contribution in [2.75, 3.05) is 6.61 Å². The van der Waals surface area contributed by atoms with Crippen molar-refractivity contribution in [3.63, 3.8) is 0 Å². The Morgan fingerprint density at radius 1 is 0.895 bits per heavy atom. The normalized spacial score (nSPS) is 16.5. The quantitative estimate of drug-likeness (QED) is 0.258. The molecule has 3 aromatic rings.